The number of fused-ring (bicyclic) bond motifs is 3. The molecule has 0 aliphatic carbocycles. The first-order valence-corrected chi connectivity index (χ1v) is 15.8. The van der Waals surface area contributed by atoms with Crippen molar-refractivity contribution >= 4 is 63.5 Å². The molecule has 4 N–H and O–H groups in total. The van der Waals surface area contributed by atoms with Crippen molar-refractivity contribution in [2.75, 3.05) is 13.9 Å². The van der Waals surface area contributed by atoms with Crippen molar-refractivity contribution in [2.24, 2.45) is 0 Å². The highest BCUT2D eigenvalue weighted by atomic mass is 16.8. The fourth-order valence-electron chi connectivity index (χ4n) is 4.76. The number of nitrogens with one attached hydrogen (secondary N) is 3. The number of aromatic nitrogens is 3. The van der Waals surface area contributed by atoms with E-state index in [1.165, 1.54) is 50.6 Å². The monoisotopic (exact) mass is 757 g/mol. The summed E-state index contributed by atoms with van der Waals surface area (Å²) in [6.45, 7) is 0.0185. The molecule has 0 saturated heterocycles. The van der Waals surface area contributed by atoms with Crippen LogP contribution in [0.3, 0.4) is 0 Å². The Morgan fingerprint density at radius 3 is 1.87 bits per heavy atom. The van der Waals surface area contributed by atoms with Gasteiger partial charge in [-0.25, -0.2) is 24.0 Å². The molecule has 21 heteroatoms. The average molecular weight is 758 g/mol. The Morgan fingerprint density at radius 2 is 1.28 bits per heavy atom. The van der Waals surface area contributed by atoms with Crippen LogP contribution in [0, 0.1) is 0 Å². The van der Waals surface area contributed by atoms with Crippen LogP contribution in [0.1, 0.15) is 63.3 Å². The summed E-state index contributed by atoms with van der Waals surface area (Å²) < 4.78 is 60.8. The maximum Gasteiger partial charge on any atom is 0.511 e. The fraction of sp³-hybridized carbons (Fsp3) is 0.303. The highest BCUT2D eigenvalue weighted by molar-refractivity contribution is 5.94. The van der Waals surface area contributed by atoms with Crippen LogP contribution in [0.2, 0.25) is 0 Å². The second kappa shape index (κ2) is 16.3. The second-order valence-electron chi connectivity index (χ2n) is 11.0. The van der Waals surface area contributed by atoms with Gasteiger partial charge in [-0.3, -0.25) is 4.74 Å². The number of H-pyrrole nitrogens is 3. The Labute approximate surface area is 301 Å². The zero-order chi connectivity index (χ0) is 38.4. The van der Waals surface area contributed by atoms with Crippen molar-refractivity contribution in [1.82, 2.24) is 15.0 Å². The van der Waals surface area contributed by atoms with Crippen LogP contribution >= 0.6 is 0 Å². The molecule has 54 heavy (non-hydrogen) atoms. The number of esters is 3. The SMILES string of the molecule is CCC(OC(=O)c1cc2oc(COC(=O)OC(C)OC(=O)c3cc4oc(COC(=O)OCOC(=O)c5cc6occc6[nH]5)cc4[nH]3)cc2[nH]1)OC(O)OC. The van der Waals surface area contributed by atoms with Crippen molar-refractivity contribution in [2.45, 2.75) is 52.5 Å². The summed E-state index contributed by atoms with van der Waals surface area (Å²) in [6, 6.07) is 8.72. The normalized spacial score (nSPS) is 13.0. The molecule has 0 bridgehead atoms. The lowest BCUT2D eigenvalue weighted by Gasteiger charge is -2.18. The minimum absolute atomic E-state index is 0.0321. The van der Waals surface area contributed by atoms with Gasteiger partial charge in [0.15, 0.2) is 30.0 Å². The molecule has 0 aromatic carbocycles. The van der Waals surface area contributed by atoms with Crippen LogP contribution in [-0.4, -0.2) is 83.2 Å². The molecule has 6 heterocycles. The summed E-state index contributed by atoms with van der Waals surface area (Å²) in [5.41, 5.74) is 2.46. The molecule has 0 radical (unpaired) electrons. The van der Waals surface area contributed by atoms with Crippen molar-refractivity contribution < 1.29 is 85.0 Å². The fourth-order valence-corrected chi connectivity index (χ4v) is 4.76. The number of aliphatic hydroxyl groups excluding tert-OH is 1. The molecular formula is C33H31N3O18. The van der Waals surface area contributed by atoms with Crippen LogP contribution in [-0.2, 0) is 55.8 Å². The van der Waals surface area contributed by atoms with Gasteiger partial charge in [0.1, 0.15) is 28.6 Å². The number of carbonyl (C=O) groups excluding carboxylic acids is 5. The number of ether oxygens (including phenoxy) is 9. The Kier molecular flexibility index (Phi) is 11.2. The number of carbonyl (C=O) groups is 5. The van der Waals surface area contributed by atoms with Gasteiger partial charge in [-0.05, 0) is 0 Å². The number of aliphatic hydroxyl groups is 1. The summed E-state index contributed by atoms with van der Waals surface area (Å²) in [4.78, 5) is 69.6. The highest BCUT2D eigenvalue weighted by Gasteiger charge is 2.23. The van der Waals surface area contributed by atoms with E-state index in [1.807, 2.05) is 0 Å². The number of furan rings is 3. The van der Waals surface area contributed by atoms with E-state index < -0.39 is 56.1 Å². The maximum absolute atomic E-state index is 12.6. The van der Waals surface area contributed by atoms with Gasteiger partial charge in [-0.15, -0.1) is 0 Å². The second-order valence-corrected chi connectivity index (χ2v) is 11.0. The zero-order valence-electron chi connectivity index (χ0n) is 28.5. The molecule has 6 rings (SSSR count). The Bertz CT molecular complexity index is 2170. The Hall–Kier alpha value is -6.71. The molecule has 0 aliphatic heterocycles. The molecule has 6 aromatic rings. The number of rotatable bonds is 16. The lowest BCUT2D eigenvalue weighted by atomic mass is 10.4. The number of methoxy groups -OCH3 is 1. The largest absolute Gasteiger partial charge is 0.511 e. The van der Waals surface area contributed by atoms with Crippen LogP contribution in [0.5, 0.6) is 0 Å². The molecule has 6 aromatic heterocycles. The summed E-state index contributed by atoms with van der Waals surface area (Å²) >= 11 is 0. The number of hydrogen-bond acceptors (Lipinski definition) is 18. The van der Waals surface area contributed by atoms with E-state index >= 15 is 0 Å². The predicted molar refractivity (Wildman–Crippen MR) is 173 cm³/mol. The third kappa shape index (κ3) is 9.01. The lowest BCUT2D eigenvalue weighted by Crippen LogP contribution is -2.27. The zero-order valence-corrected chi connectivity index (χ0v) is 28.5. The van der Waals surface area contributed by atoms with Gasteiger partial charge in [0.05, 0.1) is 22.8 Å². The van der Waals surface area contributed by atoms with Gasteiger partial charge in [0.2, 0.25) is 19.4 Å². The number of hydrogen-bond donors (Lipinski definition) is 4. The molecular weight excluding hydrogens is 726 g/mol. The summed E-state index contributed by atoms with van der Waals surface area (Å²) in [5, 5.41) is 9.43. The molecule has 286 valence electrons. The molecule has 0 aliphatic rings. The van der Waals surface area contributed by atoms with E-state index in [1.54, 1.807) is 13.0 Å². The van der Waals surface area contributed by atoms with E-state index in [-0.39, 0.29) is 59.4 Å². The first-order valence-electron chi connectivity index (χ1n) is 15.8. The van der Waals surface area contributed by atoms with Crippen LogP contribution in [0.4, 0.5) is 9.59 Å². The first-order chi connectivity index (χ1) is 26.0. The maximum atomic E-state index is 12.6. The van der Waals surface area contributed by atoms with Crippen molar-refractivity contribution in [1.29, 1.82) is 0 Å². The topological polar surface area (TPSA) is 275 Å². The molecule has 0 fully saturated rings. The highest BCUT2D eigenvalue weighted by Crippen LogP contribution is 2.24. The molecule has 0 saturated carbocycles. The lowest BCUT2D eigenvalue weighted by molar-refractivity contribution is -0.305. The minimum Gasteiger partial charge on any atom is -0.463 e. The van der Waals surface area contributed by atoms with E-state index in [4.69, 9.17) is 51.1 Å². The van der Waals surface area contributed by atoms with Gasteiger partial charge in [0, 0.05) is 56.9 Å². The van der Waals surface area contributed by atoms with Crippen molar-refractivity contribution in [3.05, 3.63) is 71.3 Å². The smallest absolute Gasteiger partial charge is 0.463 e. The molecule has 0 spiro atoms. The van der Waals surface area contributed by atoms with Gasteiger partial charge in [-0.1, -0.05) is 6.92 Å². The van der Waals surface area contributed by atoms with E-state index in [0.29, 0.717) is 22.1 Å². The average Bonchev–Trinajstić information content (AvgIpc) is 3.97. The molecule has 3 atom stereocenters. The predicted octanol–water partition coefficient (Wildman–Crippen LogP) is 5.07. The van der Waals surface area contributed by atoms with Crippen molar-refractivity contribution in [3.8, 4) is 0 Å². The van der Waals surface area contributed by atoms with Gasteiger partial charge in [0.25, 0.3) is 6.48 Å². The van der Waals surface area contributed by atoms with Gasteiger partial charge in [-0.2, -0.15) is 0 Å². The molecule has 21 nitrogen and oxygen atoms in total. The summed E-state index contributed by atoms with van der Waals surface area (Å²) in [5.74, 6) is -2.02. The number of aromatic amines is 3. The third-order valence-electron chi connectivity index (χ3n) is 7.22. The minimum atomic E-state index is -1.56. The van der Waals surface area contributed by atoms with E-state index in [0.717, 1.165) is 0 Å². The standard InChI is InChI=1S/C33H31N3O18/c1-4-27(54-31(40)43-3)53-30(39)23-11-26-20(36-23)8-17(52-26)13-46-33(42)50-15(2)49-29(38)22-10-25-19(35-22)7-16(51-25)12-45-32(41)48-14-47-28(37)21-9-24-18(34-21)5-6-44-24/h5-11,15,27,31,34-36,40H,4,12-14H2,1-3H3. The van der Waals surface area contributed by atoms with E-state index in [2.05, 4.69) is 19.7 Å². The molecule has 3 unspecified atom stereocenters. The quantitative estimate of drug-likeness (QED) is 0.0570. The first kappa shape index (κ1) is 37.1. The van der Waals surface area contributed by atoms with Crippen LogP contribution in [0.25, 0.3) is 33.3 Å². The van der Waals surface area contributed by atoms with Crippen molar-refractivity contribution in [3.63, 3.8) is 0 Å². The third-order valence-corrected chi connectivity index (χ3v) is 7.22. The van der Waals surface area contributed by atoms with Gasteiger partial charge >= 0.3 is 30.2 Å². The Balaban J connectivity index is 0.890. The summed E-state index contributed by atoms with van der Waals surface area (Å²) in [7, 11) is 1.22. The van der Waals surface area contributed by atoms with Crippen LogP contribution < -0.4 is 0 Å². The van der Waals surface area contributed by atoms with Crippen LogP contribution in [0.15, 0.2) is 55.9 Å². The van der Waals surface area contributed by atoms with E-state index in [9.17, 15) is 29.1 Å². The Morgan fingerprint density at radius 1 is 0.704 bits per heavy atom. The summed E-state index contributed by atoms with van der Waals surface area (Å²) in [6.07, 6.45) is -3.01. The molecule has 0 amide bonds. The van der Waals surface area contributed by atoms with Gasteiger partial charge < -0.3 is 71.2 Å².